The van der Waals surface area contributed by atoms with Gasteiger partial charge >= 0.3 is 6.18 Å². The monoisotopic (exact) mass is 268 g/mol. The van der Waals surface area contributed by atoms with Crippen LogP contribution < -0.4 is 5.73 Å². The number of carbonyl (C=O) groups is 1. The summed E-state index contributed by atoms with van der Waals surface area (Å²) in [5.41, 5.74) is 5.75. The molecule has 0 rings (SSSR count). The van der Waals surface area contributed by atoms with Crippen LogP contribution in [0.15, 0.2) is 0 Å². The van der Waals surface area contributed by atoms with E-state index in [1.807, 2.05) is 20.8 Å². The lowest BCUT2D eigenvalue weighted by Crippen LogP contribution is -2.41. The molecule has 3 nitrogen and oxygen atoms in total. The predicted molar refractivity (Wildman–Crippen MR) is 65.0 cm³/mol. The quantitative estimate of drug-likeness (QED) is 0.833. The van der Waals surface area contributed by atoms with E-state index in [4.69, 9.17) is 5.73 Å². The Morgan fingerprint density at radius 1 is 1.28 bits per heavy atom. The molecule has 18 heavy (non-hydrogen) atoms. The third-order valence-electron chi connectivity index (χ3n) is 2.42. The molecule has 1 unspecified atom stereocenters. The van der Waals surface area contributed by atoms with Crippen LogP contribution in [0.4, 0.5) is 13.2 Å². The molecule has 0 aliphatic carbocycles. The Balaban J connectivity index is 4.36. The Morgan fingerprint density at radius 2 is 1.78 bits per heavy atom. The van der Waals surface area contributed by atoms with Crippen LogP contribution in [-0.2, 0) is 4.79 Å². The molecule has 2 N–H and O–H groups in total. The second-order valence-electron chi connectivity index (χ2n) is 5.75. The van der Waals surface area contributed by atoms with Crippen molar-refractivity contribution in [2.24, 2.45) is 11.1 Å². The molecule has 1 amide bonds. The zero-order valence-corrected chi connectivity index (χ0v) is 11.5. The molecule has 0 spiro atoms. The first kappa shape index (κ1) is 17.2. The van der Waals surface area contributed by atoms with Crippen molar-refractivity contribution in [2.75, 3.05) is 13.1 Å². The first-order valence-corrected chi connectivity index (χ1v) is 6.04. The van der Waals surface area contributed by atoms with Crippen molar-refractivity contribution in [3.8, 4) is 0 Å². The van der Waals surface area contributed by atoms with Gasteiger partial charge in [-0.05, 0) is 18.8 Å². The molecule has 0 saturated heterocycles. The van der Waals surface area contributed by atoms with Gasteiger partial charge in [0.2, 0.25) is 5.91 Å². The average molecular weight is 268 g/mol. The molecular formula is C12H23F3N2O. The number of halogens is 3. The number of hydrogen-bond acceptors (Lipinski definition) is 2. The van der Waals surface area contributed by atoms with Crippen LogP contribution in [0, 0.1) is 5.41 Å². The minimum atomic E-state index is -4.36. The van der Waals surface area contributed by atoms with Crippen molar-refractivity contribution in [2.45, 2.75) is 52.8 Å². The third kappa shape index (κ3) is 8.33. The van der Waals surface area contributed by atoms with Gasteiger partial charge in [-0.1, -0.05) is 20.8 Å². The van der Waals surface area contributed by atoms with Crippen LogP contribution in [0.1, 0.15) is 40.5 Å². The Hall–Kier alpha value is -0.780. The van der Waals surface area contributed by atoms with Gasteiger partial charge in [-0.2, -0.15) is 13.2 Å². The van der Waals surface area contributed by atoms with Crippen LogP contribution in [-0.4, -0.2) is 36.1 Å². The summed E-state index contributed by atoms with van der Waals surface area (Å²) in [6.07, 6.45) is -3.80. The standard InChI is InChI=1S/C12H23F3N2O/c1-5-17(8-12(13,14)15)10(18)6-9(16)7-11(2,3)4/h9H,5-8,16H2,1-4H3. The number of nitrogens with two attached hydrogens (primary N) is 1. The van der Waals surface area contributed by atoms with Gasteiger partial charge in [0.05, 0.1) is 0 Å². The van der Waals surface area contributed by atoms with Crippen LogP contribution in [0.2, 0.25) is 0 Å². The van der Waals surface area contributed by atoms with E-state index in [0.717, 1.165) is 4.90 Å². The highest BCUT2D eigenvalue weighted by atomic mass is 19.4. The Morgan fingerprint density at radius 3 is 2.11 bits per heavy atom. The minimum Gasteiger partial charge on any atom is -0.334 e. The van der Waals surface area contributed by atoms with Gasteiger partial charge < -0.3 is 10.6 Å². The lowest BCUT2D eigenvalue weighted by Gasteiger charge is -2.26. The molecule has 0 bridgehead atoms. The normalized spacial score (nSPS) is 14.4. The molecule has 0 fully saturated rings. The summed E-state index contributed by atoms with van der Waals surface area (Å²) in [4.78, 5) is 12.5. The van der Waals surface area contributed by atoms with Crippen LogP contribution >= 0.6 is 0 Å². The summed E-state index contributed by atoms with van der Waals surface area (Å²) < 4.78 is 36.7. The van der Waals surface area contributed by atoms with Crippen molar-refractivity contribution in [3.05, 3.63) is 0 Å². The topological polar surface area (TPSA) is 46.3 Å². The fraction of sp³-hybridized carbons (Fsp3) is 0.917. The zero-order valence-electron chi connectivity index (χ0n) is 11.5. The van der Waals surface area contributed by atoms with Gasteiger partial charge in [0.15, 0.2) is 0 Å². The summed E-state index contributed by atoms with van der Waals surface area (Å²) >= 11 is 0. The molecule has 0 saturated carbocycles. The van der Waals surface area contributed by atoms with Crippen molar-refractivity contribution >= 4 is 5.91 Å². The van der Waals surface area contributed by atoms with Crippen molar-refractivity contribution in [1.82, 2.24) is 4.90 Å². The lowest BCUT2D eigenvalue weighted by molar-refractivity contribution is -0.161. The van der Waals surface area contributed by atoms with Crippen molar-refractivity contribution in [3.63, 3.8) is 0 Å². The molecule has 0 aliphatic heterocycles. The largest absolute Gasteiger partial charge is 0.406 e. The average Bonchev–Trinajstić information content (AvgIpc) is 2.08. The molecule has 108 valence electrons. The molecule has 0 aromatic rings. The van der Waals surface area contributed by atoms with E-state index < -0.39 is 24.7 Å². The maximum Gasteiger partial charge on any atom is 0.406 e. The zero-order chi connectivity index (χ0) is 14.6. The number of alkyl halides is 3. The number of hydrogen-bond donors (Lipinski definition) is 1. The second-order valence-corrected chi connectivity index (χ2v) is 5.75. The molecule has 1 atom stereocenters. The fourth-order valence-electron chi connectivity index (χ4n) is 1.80. The first-order valence-electron chi connectivity index (χ1n) is 6.04. The summed E-state index contributed by atoms with van der Waals surface area (Å²) in [7, 11) is 0. The highest BCUT2D eigenvalue weighted by molar-refractivity contribution is 5.76. The highest BCUT2D eigenvalue weighted by Crippen LogP contribution is 2.22. The molecule has 0 aliphatic rings. The summed E-state index contributed by atoms with van der Waals surface area (Å²) in [6.45, 7) is 6.30. The second kappa shape index (κ2) is 6.41. The fourth-order valence-corrected chi connectivity index (χ4v) is 1.80. The van der Waals surface area contributed by atoms with E-state index >= 15 is 0 Å². The van der Waals surface area contributed by atoms with Crippen molar-refractivity contribution in [1.29, 1.82) is 0 Å². The van der Waals surface area contributed by atoms with Gasteiger partial charge in [-0.15, -0.1) is 0 Å². The van der Waals surface area contributed by atoms with E-state index in [0.29, 0.717) is 6.42 Å². The van der Waals surface area contributed by atoms with Crippen LogP contribution in [0.5, 0.6) is 0 Å². The Kier molecular flexibility index (Phi) is 6.13. The molecule has 0 aromatic heterocycles. The van der Waals surface area contributed by atoms with Gasteiger partial charge in [0, 0.05) is 19.0 Å². The van der Waals surface area contributed by atoms with Gasteiger partial charge in [0.1, 0.15) is 6.54 Å². The first-order chi connectivity index (χ1) is 7.94. The van der Waals surface area contributed by atoms with Crippen molar-refractivity contribution < 1.29 is 18.0 Å². The maximum absolute atomic E-state index is 12.2. The van der Waals surface area contributed by atoms with Crippen LogP contribution in [0.25, 0.3) is 0 Å². The SMILES string of the molecule is CCN(CC(F)(F)F)C(=O)CC(N)CC(C)(C)C. The Bertz CT molecular complexity index is 271. The lowest BCUT2D eigenvalue weighted by atomic mass is 9.87. The summed E-state index contributed by atoms with van der Waals surface area (Å²) in [5.74, 6) is -0.536. The number of amides is 1. The summed E-state index contributed by atoms with van der Waals surface area (Å²) in [6, 6.07) is -0.403. The van der Waals surface area contributed by atoms with E-state index in [1.165, 1.54) is 6.92 Å². The van der Waals surface area contributed by atoms with Crippen LogP contribution in [0.3, 0.4) is 0 Å². The maximum atomic E-state index is 12.2. The van der Waals surface area contributed by atoms with E-state index in [9.17, 15) is 18.0 Å². The molecule has 6 heteroatoms. The Labute approximate surface area is 107 Å². The summed E-state index contributed by atoms with van der Waals surface area (Å²) in [5, 5.41) is 0. The highest BCUT2D eigenvalue weighted by Gasteiger charge is 2.32. The third-order valence-corrected chi connectivity index (χ3v) is 2.42. The molecular weight excluding hydrogens is 245 g/mol. The number of carbonyl (C=O) groups excluding carboxylic acids is 1. The number of nitrogens with zero attached hydrogens (tertiary/aromatic N) is 1. The molecule has 0 radical (unpaired) electrons. The van der Waals surface area contributed by atoms with E-state index in [-0.39, 0.29) is 18.4 Å². The van der Waals surface area contributed by atoms with E-state index in [2.05, 4.69) is 0 Å². The number of rotatable bonds is 5. The smallest absolute Gasteiger partial charge is 0.334 e. The molecule has 0 aromatic carbocycles. The minimum absolute atomic E-state index is 0.0405. The van der Waals surface area contributed by atoms with Gasteiger partial charge in [-0.3, -0.25) is 4.79 Å². The van der Waals surface area contributed by atoms with E-state index in [1.54, 1.807) is 0 Å². The molecule has 0 heterocycles. The van der Waals surface area contributed by atoms with Gasteiger partial charge in [-0.25, -0.2) is 0 Å². The van der Waals surface area contributed by atoms with Gasteiger partial charge in [0.25, 0.3) is 0 Å². The predicted octanol–water partition coefficient (Wildman–Crippen LogP) is 2.55.